The maximum absolute atomic E-state index is 12.4. The van der Waals surface area contributed by atoms with Crippen LogP contribution in [0.2, 0.25) is 0 Å². The second-order valence-corrected chi connectivity index (χ2v) is 15.4. The first-order valence-corrected chi connectivity index (χ1v) is 21.9. The number of unbranched alkanes of at least 4 members (excludes halogenated alkanes) is 31. The van der Waals surface area contributed by atoms with Gasteiger partial charge in [0.1, 0.15) is 12.2 Å². The zero-order chi connectivity index (χ0) is 36.0. The molecule has 0 aliphatic heterocycles. The summed E-state index contributed by atoms with van der Waals surface area (Å²) in [5.74, 6) is -0.582. The highest BCUT2D eigenvalue weighted by Gasteiger charge is 2.28. The maximum Gasteiger partial charge on any atom is 0.249 e. The third kappa shape index (κ3) is 32.9. The Hall–Kier alpha value is -0.690. The second kappa shape index (κ2) is 38.5. The molecule has 0 saturated carbocycles. The van der Waals surface area contributed by atoms with E-state index < -0.39 is 36.9 Å². The quantitative estimate of drug-likeness (QED) is 0.0409. The number of carbonyl (C=O) groups is 1. The Morgan fingerprint density at radius 1 is 0.429 bits per heavy atom. The van der Waals surface area contributed by atoms with Gasteiger partial charge in [-0.05, 0) is 12.8 Å². The van der Waals surface area contributed by atoms with E-state index >= 15 is 0 Å². The van der Waals surface area contributed by atoms with Gasteiger partial charge in [-0.15, -0.1) is 0 Å². The molecule has 0 aliphatic carbocycles. The number of nitrogens with one attached hydrogen (secondary N) is 1. The summed E-state index contributed by atoms with van der Waals surface area (Å²) in [6, 6.07) is -0.977. The minimum atomic E-state index is -1.25. The lowest BCUT2D eigenvalue weighted by Gasteiger charge is -2.27. The van der Waals surface area contributed by atoms with Gasteiger partial charge in [-0.25, -0.2) is 0 Å². The van der Waals surface area contributed by atoms with Gasteiger partial charge in [0.05, 0.1) is 18.8 Å². The molecule has 0 rings (SSSR count). The maximum atomic E-state index is 12.4. The normalized spacial score (nSPS) is 14.2. The molecule has 0 aromatic carbocycles. The lowest BCUT2D eigenvalue weighted by atomic mass is 9.99. The molecule has 0 aromatic heterocycles. The van der Waals surface area contributed by atoms with Crippen molar-refractivity contribution in [3.63, 3.8) is 0 Å². The van der Waals surface area contributed by atoms with Crippen molar-refractivity contribution >= 4 is 5.91 Å². The van der Waals surface area contributed by atoms with Crippen molar-refractivity contribution in [3.05, 3.63) is 0 Å². The molecular formula is C43H87NO5. The van der Waals surface area contributed by atoms with Crippen LogP contribution in [0.25, 0.3) is 0 Å². The van der Waals surface area contributed by atoms with Crippen molar-refractivity contribution in [1.29, 1.82) is 0 Å². The molecule has 0 spiro atoms. The Kier molecular flexibility index (Phi) is 38.0. The largest absolute Gasteiger partial charge is 0.394 e. The number of carbonyl (C=O) groups excluding carboxylic acids is 1. The van der Waals surface area contributed by atoms with Gasteiger partial charge in [-0.1, -0.05) is 226 Å². The first-order valence-electron chi connectivity index (χ1n) is 21.9. The Balaban J connectivity index is 3.57. The van der Waals surface area contributed by atoms with E-state index in [-0.39, 0.29) is 0 Å². The molecule has 5 N–H and O–H groups in total. The van der Waals surface area contributed by atoms with Gasteiger partial charge in [-0.3, -0.25) is 4.79 Å². The summed E-state index contributed by atoms with van der Waals surface area (Å²) in [6.07, 6.45) is 40.2. The van der Waals surface area contributed by atoms with Crippen LogP contribution in [0.4, 0.5) is 0 Å². The molecule has 0 aromatic rings. The van der Waals surface area contributed by atoms with Crippen LogP contribution in [0.15, 0.2) is 0 Å². The van der Waals surface area contributed by atoms with Gasteiger partial charge in [0.25, 0.3) is 0 Å². The van der Waals surface area contributed by atoms with Gasteiger partial charge in [0.2, 0.25) is 5.91 Å². The lowest BCUT2D eigenvalue weighted by Crippen LogP contribution is -2.53. The molecule has 0 fully saturated rings. The molecule has 4 unspecified atom stereocenters. The molecule has 0 bridgehead atoms. The Morgan fingerprint density at radius 2 is 0.694 bits per heavy atom. The van der Waals surface area contributed by atoms with Crippen LogP contribution in [0.1, 0.15) is 239 Å². The van der Waals surface area contributed by atoms with Crippen LogP contribution in [-0.4, -0.2) is 57.3 Å². The molecule has 0 saturated heterocycles. The molecule has 6 heteroatoms. The van der Waals surface area contributed by atoms with Crippen molar-refractivity contribution < 1.29 is 25.2 Å². The Labute approximate surface area is 305 Å². The van der Waals surface area contributed by atoms with Crippen LogP contribution in [0.5, 0.6) is 0 Å². The first-order chi connectivity index (χ1) is 24.0. The summed E-state index contributed by atoms with van der Waals surface area (Å²) in [7, 11) is 0. The molecular weight excluding hydrogens is 610 g/mol. The smallest absolute Gasteiger partial charge is 0.249 e. The minimum Gasteiger partial charge on any atom is -0.394 e. The molecule has 0 heterocycles. The summed E-state index contributed by atoms with van der Waals surface area (Å²) in [4.78, 5) is 12.4. The lowest BCUT2D eigenvalue weighted by molar-refractivity contribution is -0.132. The van der Waals surface area contributed by atoms with Gasteiger partial charge in [0.15, 0.2) is 0 Å². The third-order valence-electron chi connectivity index (χ3n) is 10.6. The van der Waals surface area contributed by atoms with Gasteiger partial charge in [0, 0.05) is 0 Å². The van der Waals surface area contributed by atoms with Crippen LogP contribution in [-0.2, 0) is 4.79 Å². The number of aliphatic hydroxyl groups is 4. The first kappa shape index (κ1) is 48.3. The molecule has 6 nitrogen and oxygen atoms in total. The van der Waals surface area contributed by atoms with Gasteiger partial charge >= 0.3 is 0 Å². The summed E-state index contributed by atoms with van der Waals surface area (Å²) >= 11 is 0. The number of hydrogen-bond donors (Lipinski definition) is 5. The predicted molar refractivity (Wildman–Crippen MR) is 210 cm³/mol. The molecule has 4 atom stereocenters. The van der Waals surface area contributed by atoms with Crippen LogP contribution in [0.3, 0.4) is 0 Å². The van der Waals surface area contributed by atoms with Gasteiger partial charge in [-0.2, -0.15) is 0 Å². The monoisotopic (exact) mass is 698 g/mol. The average molecular weight is 698 g/mol. The molecule has 49 heavy (non-hydrogen) atoms. The van der Waals surface area contributed by atoms with E-state index in [1.54, 1.807) is 0 Å². The van der Waals surface area contributed by atoms with E-state index in [1.165, 1.54) is 173 Å². The number of aliphatic hydroxyl groups excluding tert-OH is 4. The average Bonchev–Trinajstić information content (AvgIpc) is 3.11. The fourth-order valence-electron chi connectivity index (χ4n) is 7.05. The number of hydrogen-bond acceptors (Lipinski definition) is 5. The van der Waals surface area contributed by atoms with E-state index in [2.05, 4.69) is 19.2 Å². The number of amides is 1. The standard InChI is InChI=1S/C43H87NO5/c1-3-5-7-9-11-13-14-15-16-17-18-19-20-21-22-23-24-25-26-27-28-29-31-33-35-37-41(47)43(49)44-39(38-45)42(48)40(46)36-34-32-30-12-10-8-6-4-2/h39-42,45-48H,3-38H2,1-2H3,(H,44,49). The zero-order valence-corrected chi connectivity index (χ0v) is 33.0. The fourth-order valence-corrected chi connectivity index (χ4v) is 7.05. The van der Waals surface area contributed by atoms with E-state index in [0.29, 0.717) is 12.8 Å². The Morgan fingerprint density at radius 3 is 0.980 bits per heavy atom. The highest BCUT2D eigenvalue weighted by Crippen LogP contribution is 2.17. The van der Waals surface area contributed by atoms with Crippen LogP contribution < -0.4 is 5.32 Å². The van der Waals surface area contributed by atoms with E-state index in [9.17, 15) is 25.2 Å². The zero-order valence-electron chi connectivity index (χ0n) is 33.0. The molecule has 0 radical (unpaired) electrons. The van der Waals surface area contributed by atoms with Crippen LogP contribution >= 0.6 is 0 Å². The van der Waals surface area contributed by atoms with Crippen molar-refractivity contribution in [3.8, 4) is 0 Å². The number of rotatable bonds is 40. The predicted octanol–water partition coefficient (Wildman–Crippen LogP) is 11.2. The highest BCUT2D eigenvalue weighted by molar-refractivity contribution is 5.80. The molecule has 1 amide bonds. The SMILES string of the molecule is CCCCCCCCCCCCCCCCCCCCCCCCCCCC(O)C(=O)NC(CO)C(O)C(O)CCCCCCCCCC. The Bertz CT molecular complexity index is 662. The van der Waals surface area contributed by atoms with E-state index in [1.807, 2.05) is 0 Å². The summed E-state index contributed by atoms with van der Waals surface area (Å²) in [5.41, 5.74) is 0. The molecule has 0 aliphatic rings. The fraction of sp³-hybridized carbons (Fsp3) is 0.977. The third-order valence-corrected chi connectivity index (χ3v) is 10.6. The molecule has 294 valence electrons. The van der Waals surface area contributed by atoms with E-state index in [0.717, 1.165) is 38.5 Å². The van der Waals surface area contributed by atoms with Crippen molar-refractivity contribution in [2.45, 2.75) is 263 Å². The topological polar surface area (TPSA) is 110 Å². The minimum absolute atomic E-state index is 0.375. The second-order valence-electron chi connectivity index (χ2n) is 15.4. The van der Waals surface area contributed by atoms with Crippen LogP contribution in [0, 0.1) is 0 Å². The van der Waals surface area contributed by atoms with Gasteiger partial charge < -0.3 is 25.7 Å². The van der Waals surface area contributed by atoms with E-state index in [4.69, 9.17) is 0 Å². The summed E-state index contributed by atoms with van der Waals surface area (Å²) in [5, 5.41) is 43.4. The highest BCUT2D eigenvalue weighted by atomic mass is 16.3. The van der Waals surface area contributed by atoms with Crippen molar-refractivity contribution in [2.24, 2.45) is 0 Å². The summed E-state index contributed by atoms with van der Waals surface area (Å²) < 4.78 is 0. The van der Waals surface area contributed by atoms with Crippen molar-refractivity contribution in [2.75, 3.05) is 6.61 Å². The van der Waals surface area contributed by atoms with Crippen molar-refractivity contribution in [1.82, 2.24) is 5.32 Å². The summed E-state index contributed by atoms with van der Waals surface area (Å²) in [6.45, 7) is 4.02.